The monoisotopic (exact) mass is 625 g/mol. The Balaban J connectivity index is 0.980. The lowest BCUT2D eigenvalue weighted by atomic mass is 9.96. The van der Waals surface area contributed by atoms with Gasteiger partial charge < -0.3 is 5.32 Å². The number of anilines is 1. The molecule has 43 heavy (non-hydrogen) atoms. The molecule has 1 aliphatic carbocycles. The number of hydrogen-bond donors (Lipinski definition) is 1. The molecule has 3 aromatic carbocycles. The molecule has 0 fully saturated rings. The van der Waals surface area contributed by atoms with Gasteiger partial charge in [0.2, 0.25) is 17.0 Å². The van der Waals surface area contributed by atoms with E-state index in [0.29, 0.717) is 23.1 Å². The number of amides is 1. The van der Waals surface area contributed by atoms with Crippen molar-refractivity contribution in [3.05, 3.63) is 89.6 Å². The molecule has 0 spiro atoms. The molecule has 3 heterocycles. The topological polar surface area (TPSA) is 108 Å². The smallest absolute Gasteiger partial charge is 0.241 e. The number of rotatable bonds is 9. The quantitative estimate of drug-likeness (QED) is 0.186. The predicted octanol–water partition coefficient (Wildman–Crippen LogP) is 6.33. The maximum absolute atomic E-state index is 13.5. The van der Waals surface area contributed by atoms with Crippen LogP contribution in [0.1, 0.15) is 34.5 Å². The zero-order chi connectivity index (χ0) is 29.2. The number of benzene rings is 3. The first-order valence-electron chi connectivity index (χ1n) is 14.0. The second-order valence-corrected chi connectivity index (χ2v) is 13.5. The number of aryl methyl sites for hydroxylation is 1. The summed E-state index contributed by atoms with van der Waals surface area (Å²) in [5.41, 5.74) is 6.14. The summed E-state index contributed by atoms with van der Waals surface area (Å²) in [5.74, 6) is 0.432. The van der Waals surface area contributed by atoms with E-state index in [1.165, 1.54) is 57.9 Å². The number of tetrazole rings is 1. The Labute approximate surface area is 260 Å². The van der Waals surface area contributed by atoms with Gasteiger partial charge in [0, 0.05) is 16.8 Å². The summed E-state index contributed by atoms with van der Waals surface area (Å²) in [4.78, 5) is 30.9. The third kappa shape index (κ3) is 5.95. The molecule has 3 aromatic heterocycles. The molecular weight excluding hydrogens is 599 g/mol. The van der Waals surface area contributed by atoms with Gasteiger partial charge in [0.1, 0.15) is 0 Å². The molecule has 0 aliphatic heterocycles. The highest BCUT2D eigenvalue weighted by Crippen LogP contribution is 2.34. The van der Waals surface area contributed by atoms with Crippen LogP contribution in [0.4, 0.5) is 5.69 Å². The maximum Gasteiger partial charge on any atom is 0.241 e. The van der Waals surface area contributed by atoms with Crippen molar-refractivity contribution in [2.45, 2.75) is 41.7 Å². The van der Waals surface area contributed by atoms with Gasteiger partial charge in [0.15, 0.2) is 4.34 Å². The molecule has 9 nitrogen and oxygen atoms in total. The summed E-state index contributed by atoms with van der Waals surface area (Å²) in [6.07, 6.45) is 4.27. The van der Waals surface area contributed by atoms with Gasteiger partial charge in [-0.3, -0.25) is 14.2 Å². The number of nitrogens with one attached hydrogen (secondary N) is 1. The molecule has 0 saturated carbocycles. The molecule has 0 radical (unpaired) electrons. The Bertz CT molecular complexity index is 1950. The van der Waals surface area contributed by atoms with E-state index in [-0.39, 0.29) is 17.6 Å². The van der Waals surface area contributed by atoms with E-state index < -0.39 is 0 Å². The summed E-state index contributed by atoms with van der Waals surface area (Å²) in [5, 5.41) is 16.6. The second-order valence-electron chi connectivity index (χ2n) is 10.3. The zero-order valence-corrected chi connectivity index (χ0v) is 25.6. The lowest BCUT2D eigenvalue weighted by molar-refractivity contribution is -0.113. The Hall–Kier alpha value is -4.00. The average Bonchev–Trinajstić information content (AvgIpc) is 3.74. The molecule has 7 rings (SSSR count). The molecule has 216 valence electrons. The lowest BCUT2D eigenvalue weighted by Crippen LogP contribution is -2.18. The second kappa shape index (κ2) is 12.3. The SMILES string of the molecule is O=C(CSc1nnnn1Cc1ccccc1)Nc1ccc2nc(SCC(=O)n3c4c(c5ccccc53)CCCC4)sc2c1. The van der Waals surface area contributed by atoms with Crippen molar-refractivity contribution in [2.75, 3.05) is 16.8 Å². The number of nitrogens with zero attached hydrogens (tertiary/aromatic N) is 6. The van der Waals surface area contributed by atoms with Gasteiger partial charge in [-0.05, 0) is 71.5 Å². The van der Waals surface area contributed by atoms with Crippen LogP contribution in [0.25, 0.3) is 21.1 Å². The van der Waals surface area contributed by atoms with Crippen LogP contribution in [0.5, 0.6) is 0 Å². The van der Waals surface area contributed by atoms with Crippen LogP contribution in [0, 0.1) is 0 Å². The van der Waals surface area contributed by atoms with Crippen LogP contribution in [0.2, 0.25) is 0 Å². The number of thioether (sulfide) groups is 2. The van der Waals surface area contributed by atoms with Crippen LogP contribution >= 0.6 is 34.9 Å². The van der Waals surface area contributed by atoms with E-state index in [0.717, 1.165) is 44.9 Å². The third-order valence-electron chi connectivity index (χ3n) is 7.41. The molecule has 0 unspecified atom stereocenters. The van der Waals surface area contributed by atoms with Gasteiger partial charge in [-0.25, -0.2) is 9.67 Å². The summed E-state index contributed by atoms with van der Waals surface area (Å²) in [6, 6.07) is 23.8. The highest BCUT2D eigenvalue weighted by atomic mass is 32.2. The van der Waals surface area contributed by atoms with E-state index in [1.54, 1.807) is 4.68 Å². The molecule has 6 aromatic rings. The van der Waals surface area contributed by atoms with Gasteiger partial charge in [-0.15, -0.1) is 16.4 Å². The van der Waals surface area contributed by atoms with E-state index in [2.05, 4.69) is 39.0 Å². The molecule has 0 saturated heterocycles. The fourth-order valence-corrected chi connectivity index (χ4v) is 8.13. The average molecular weight is 626 g/mol. The van der Waals surface area contributed by atoms with Crippen molar-refractivity contribution in [3.8, 4) is 0 Å². The van der Waals surface area contributed by atoms with Crippen molar-refractivity contribution in [1.29, 1.82) is 0 Å². The molecule has 1 aliphatic rings. The number of fused-ring (bicyclic) bond motifs is 4. The van der Waals surface area contributed by atoms with E-state index in [4.69, 9.17) is 4.98 Å². The van der Waals surface area contributed by atoms with E-state index >= 15 is 0 Å². The number of carbonyl (C=O) groups is 2. The van der Waals surface area contributed by atoms with Gasteiger partial charge in [0.25, 0.3) is 0 Å². The minimum atomic E-state index is -0.148. The maximum atomic E-state index is 13.5. The summed E-state index contributed by atoms with van der Waals surface area (Å²) in [6.45, 7) is 0.538. The number of aromatic nitrogens is 6. The van der Waals surface area contributed by atoms with Gasteiger partial charge in [-0.2, -0.15) is 0 Å². The number of carbonyl (C=O) groups excluding carboxylic acids is 2. The van der Waals surface area contributed by atoms with Crippen molar-refractivity contribution < 1.29 is 9.59 Å². The van der Waals surface area contributed by atoms with Gasteiger partial charge >= 0.3 is 0 Å². The van der Waals surface area contributed by atoms with E-state index in [1.807, 2.05) is 59.2 Å². The van der Waals surface area contributed by atoms with E-state index in [9.17, 15) is 9.59 Å². The first-order chi connectivity index (χ1) is 21.1. The summed E-state index contributed by atoms with van der Waals surface area (Å²) >= 11 is 4.29. The fraction of sp³-hybridized carbons (Fsp3) is 0.226. The molecule has 12 heteroatoms. The Morgan fingerprint density at radius 3 is 2.67 bits per heavy atom. The highest BCUT2D eigenvalue weighted by molar-refractivity contribution is 8.01. The number of para-hydroxylation sites is 1. The van der Waals surface area contributed by atoms with Crippen LogP contribution in [0.15, 0.2) is 82.3 Å². The van der Waals surface area contributed by atoms with Crippen molar-refractivity contribution in [1.82, 2.24) is 29.8 Å². The van der Waals surface area contributed by atoms with Gasteiger partial charge in [0.05, 0.1) is 33.8 Å². The first kappa shape index (κ1) is 27.8. The Kier molecular flexibility index (Phi) is 7.96. The third-order valence-corrected chi connectivity index (χ3v) is 10.5. The molecule has 1 N–H and O–H groups in total. The van der Waals surface area contributed by atoms with Crippen molar-refractivity contribution >= 4 is 73.5 Å². The molecule has 0 bridgehead atoms. The normalized spacial score (nSPS) is 12.9. The minimum Gasteiger partial charge on any atom is -0.325 e. The number of hydrogen-bond acceptors (Lipinski definition) is 9. The molecule has 1 amide bonds. The van der Waals surface area contributed by atoms with Crippen molar-refractivity contribution in [2.24, 2.45) is 0 Å². The standard InChI is InChI=1S/C31H27N7O2S3/c39-28(18-41-30-34-35-36-37(30)17-20-8-2-1-3-9-20)32-21-14-15-24-27(16-21)43-31(33-24)42-19-29(40)38-25-12-6-4-10-22(25)23-11-5-7-13-26(23)38/h1-4,6,8-10,12,14-16H,5,7,11,13,17-19H2,(H,32,39). The van der Waals surface area contributed by atoms with Crippen LogP contribution in [0.3, 0.4) is 0 Å². The zero-order valence-electron chi connectivity index (χ0n) is 23.1. The highest BCUT2D eigenvalue weighted by Gasteiger charge is 2.23. The Morgan fingerprint density at radius 1 is 0.930 bits per heavy atom. The van der Waals surface area contributed by atoms with Crippen LogP contribution < -0.4 is 5.32 Å². The predicted molar refractivity (Wildman–Crippen MR) is 172 cm³/mol. The fourth-order valence-electron chi connectivity index (χ4n) is 5.49. The summed E-state index contributed by atoms with van der Waals surface area (Å²) in [7, 11) is 0. The lowest BCUT2D eigenvalue weighted by Gasteiger charge is -2.14. The van der Waals surface area contributed by atoms with Gasteiger partial charge in [-0.1, -0.05) is 72.1 Å². The Morgan fingerprint density at radius 2 is 1.77 bits per heavy atom. The molecular formula is C31H27N7O2S3. The molecule has 0 atom stereocenters. The minimum absolute atomic E-state index is 0.0869. The number of thiazole rings is 1. The van der Waals surface area contributed by atoms with Crippen LogP contribution in [-0.2, 0) is 24.2 Å². The first-order valence-corrected chi connectivity index (χ1v) is 16.8. The summed E-state index contributed by atoms with van der Waals surface area (Å²) < 4.78 is 5.42. The van der Waals surface area contributed by atoms with Crippen molar-refractivity contribution in [3.63, 3.8) is 0 Å². The largest absolute Gasteiger partial charge is 0.325 e. The van der Waals surface area contributed by atoms with Crippen LogP contribution in [-0.4, -0.2) is 53.1 Å².